The van der Waals surface area contributed by atoms with E-state index < -0.39 is 23.1 Å². The first-order valence-electron chi connectivity index (χ1n) is 11.6. The quantitative estimate of drug-likeness (QED) is 0.528. The number of terminal acetylenes is 2. The van der Waals surface area contributed by atoms with Crippen LogP contribution in [0.25, 0.3) is 0 Å². The highest BCUT2D eigenvalue weighted by Crippen LogP contribution is 2.70. The fourth-order valence-corrected chi connectivity index (χ4v) is 8.18. The van der Waals surface area contributed by atoms with Gasteiger partial charge in [-0.1, -0.05) is 25.7 Å². The standard InChI is InChI=1S/C26H34O5/c1-5-25(31-22(29)10-9-21(27)28)15-17-7-8-18-19(23(17,3)16-25)11-13-24(4)20(18)12-14-26(24,30)6-2/h1-2,17-20,30H,7-16H2,3-4H3,(H,27,28)/t17?,18?,19?,20?,23?,24?,25-,26+/m1/s1. The number of hydrogen-bond acceptors (Lipinski definition) is 4. The summed E-state index contributed by atoms with van der Waals surface area (Å²) in [6.45, 7) is 4.49. The van der Waals surface area contributed by atoms with E-state index in [4.69, 9.17) is 22.7 Å². The molecule has 2 N–H and O–H groups in total. The number of hydrogen-bond donors (Lipinski definition) is 2. The van der Waals surface area contributed by atoms with Crippen LogP contribution in [-0.2, 0) is 14.3 Å². The molecule has 0 aliphatic heterocycles. The van der Waals surface area contributed by atoms with E-state index in [9.17, 15) is 14.7 Å². The summed E-state index contributed by atoms with van der Waals surface area (Å²) in [4.78, 5) is 23.1. The number of carbonyl (C=O) groups is 2. The summed E-state index contributed by atoms with van der Waals surface area (Å²) >= 11 is 0. The third-order valence-electron chi connectivity index (χ3n) is 9.81. The van der Waals surface area contributed by atoms with Gasteiger partial charge in [0.25, 0.3) is 0 Å². The predicted molar refractivity (Wildman–Crippen MR) is 115 cm³/mol. The van der Waals surface area contributed by atoms with Crippen molar-refractivity contribution in [2.24, 2.45) is 34.5 Å². The van der Waals surface area contributed by atoms with Gasteiger partial charge in [-0.3, -0.25) is 9.59 Å². The Morgan fingerprint density at radius 2 is 1.74 bits per heavy atom. The Morgan fingerprint density at radius 3 is 2.39 bits per heavy atom. The number of carboxylic acids is 1. The zero-order valence-electron chi connectivity index (χ0n) is 18.7. The first-order valence-corrected chi connectivity index (χ1v) is 11.6. The van der Waals surface area contributed by atoms with Crippen molar-refractivity contribution in [1.82, 2.24) is 0 Å². The van der Waals surface area contributed by atoms with Crippen LogP contribution in [0.2, 0.25) is 0 Å². The van der Waals surface area contributed by atoms with Gasteiger partial charge in [-0.2, -0.15) is 0 Å². The number of esters is 1. The summed E-state index contributed by atoms with van der Waals surface area (Å²) in [7, 11) is 0. The minimum absolute atomic E-state index is 0.0272. The first kappa shape index (κ1) is 22.2. The normalized spacial score (nSPS) is 47.9. The summed E-state index contributed by atoms with van der Waals surface area (Å²) in [5.74, 6) is 5.73. The molecule has 0 amide bonds. The molecular weight excluding hydrogens is 392 g/mol. The van der Waals surface area contributed by atoms with Crippen LogP contribution in [0.5, 0.6) is 0 Å². The maximum atomic E-state index is 12.3. The van der Waals surface area contributed by atoms with E-state index in [0.29, 0.717) is 42.9 Å². The Labute approximate surface area is 185 Å². The fourth-order valence-electron chi connectivity index (χ4n) is 8.18. The molecule has 0 aromatic carbocycles. The predicted octanol–water partition coefficient (Wildman–Crippen LogP) is 3.78. The molecule has 8 atom stereocenters. The SMILES string of the molecule is C#C[C@@]1(OC(=O)CCC(=O)O)CC2CCC3C(CCC4(C)C3CC[C@@]4(O)C#C)C2(C)C1. The lowest BCUT2D eigenvalue weighted by atomic mass is 9.47. The summed E-state index contributed by atoms with van der Waals surface area (Å²) < 4.78 is 5.79. The highest BCUT2D eigenvalue weighted by atomic mass is 16.6. The number of ether oxygens (including phenoxy) is 1. The van der Waals surface area contributed by atoms with Gasteiger partial charge >= 0.3 is 11.9 Å². The molecule has 4 fully saturated rings. The van der Waals surface area contributed by atoms with Crippen molar-refractivity contribution in [2.75, 3.05) is 0 Å². The van der Waals surface area contributed by atoms with E-state index in [0.717, 1.165) is 32.1 Å². The van der Waals surface area contributed by atoms with E-state index in [2.05, 4.69) is 25.7 Å². The average molecular weight is 427 g/mol. The van der Waals surface area contributed by atoms with Gasteiger partial charge in [0.2, 0.25) is 0 Å². The van der Waals surface area contributed by atoms with Crippen molar-refractivity contribution in [2.45, 2.75) is 89.3 Å². The molecule has 0 heterocycles. The molecule has 0 spiro atoms. The molecule has 6 unspecified atom stereocenters. The number of aliphatic hydroxyl groups is 1. The summed E-state index contributed by atoms with van der Waals surface area (Å²) in [6.07, 6.45) is 18.2. The third kappa shape index (κ3) is 3.20. The number of fused-ring (bicyclic) bond motifs is 5. The van der Waals surface area contributed by atoms with Crippen LogP contribution in [-0.4, -0.2) is 33.4 Å². The average Bonchev–Trinajstić information content (AvgIpc) is 3.17. The maximum absolute atomic E-state index is 12.3. The van der Waals surface area contributed by atoms with Crippen molar-refractivity contribution in [3.63, 3.8) is 0 Å². The third-order valence-corrected chi connectivity index (χ3v) is 9.81. The molecule has 0 radical (unpaired) electrons. The second kappa shape index (κ2) is 7.28. The Kier molecular flexibility index (Phi) is 5.22. The van der Waals surface area contributed by atoms with Crippen LogP contribution in [0.4, 0.5) is 0 Å². The first-order chi connectivity index (χ1) is 14.5. The van der Waals surface area contributed by atoms with Crippen molar-refractivity contribution in [1.29, 1.82) is 0 Å². The molecule has 4 aliphatic rings. The minimum Gasteiger partial charge on any atom is -0.481 e. The minimum atomic E-state index is -1.02. The fraction of sp³-hybridized carbons (Fsp3) is 0.769. The zero-order valence-corrected chi connectivity index (χ0v) is 18.7. The Morgan fingerprint density at radius 1 is 1.03 bits per heavy atom. The second-order valence-electron chi connectivity index (χ2n) is 11.0. The van der Waals surface area contributed by atoms with Gasteiger partial charge in [0.15, 0.2) is 5.60 Å². The molecule has 0 aromatic heterocycles. The molecule has 5 heteroatoms. The number of aliphatic carboxylic acids is 1. The Bertz CT molecular complexity index is 866. The Balaban J connectivity index is 1.55. The summed E-state index contributed by atoms with van der Waals surface area (Å²) in [6, 6.07) is 0. The van der Waals surface area contributed by atoms with Crippen molar-refractivity contribution < 1.29 is 24.5 Å². The van der Waals surface area contributed by atoms with Gasteiger partial charge < -0.3 is 14.9 Å². The molecule has 4 aliphatic carbocycles. The van der Waals surface area contributed by atoms with Gasteiger partial charge in [-0.05, 0) is 67.6 Å². The molecule has 0 aromatic rings. The molecule has 5 nitrogen and oxygen atoms in total. The zero-order chi connectivity index (χ0) is 22.7. The molecule has 0 saturated heterocycles. The highest BCUT2D eigenvalue weighted by molar-refractivity contribution is 5.77. The lowest BCUT2D eigenvalue weighted by Crippen LogP contribution is -2.54. The molecular formula is C26H34O5. The van der Waals surface area contributed by atoms with Crippen molar-refractivity contribution in [3.05, 3.63) is 0 Å². The maximum Gasteiger partial charge on any atom is 0.307 e. The van der Waals surface area contributed by atoms with Gasteiger partial charge in [0.05, 0.1) is 12.8 Å². The van der Waals surface area contributed by atoms with E-state index >= 15 is 0 Å². The van der Waals surface area contributed by atoms with Gasteiger partial charge in [-0.15, -0.1) is 12.8 Å². The smallest absolute Gasteiger partial charge is 0.307 e. The van der Waals surface area contributed by atoms with Crippen LogP contribution < -0.4 is 0 Å². The summed E-state index contributed by atoms with van der Waals surface area (Å²) in [5, 5.41) is 20.0. The van der Waals surface area contributed by atoms with Gasteiger partial charge in [0, 0.05) is 18.3 Å². The highest BCUT2D eigenvalue weighted by Gasteiger charge is 2.67. The van der Waals surface area contributed by atoms with Crippen molar-refractivity contribution in [3.8, 4) is 24.7 Å². The number of carboxylic acid groups (broad SMARTS) is 1. The number of rotatable bonds is 4. The lowest BCUT2D eigenvalue weighted by Gasteiger charge is -2.58. The Hall–Kier alpha value is -1.98. The molecule has 168 valence electrons. The van der Waals surface area contributed by atoms with Crippen LogP contribution in [0, 0.1) is 59.2 Å². The van der Waals surface area contributed by atoms with Crippen LogP contribution in [0.1, 0.15) is 78.1 Å². The van der Waals surface area contributed by atoms with E-state index in [1.807, 2.05) is 0 Å². The molecule has 4 saturated carbocycles. The van der Waals surface area contributed by atoms with Crippen LogP contribution in [0.15, 0.2) is 0 Å². The van der Waals surface area contributed by atoms with Crippen molar-refractivity contribution >= 4 is 11.9 Å². The van der Waals surface area contributed by atoms with Gasteiger partial charge in [0.1, 0.15) is 5.60 Å². The lowest BCUT2D eigenvalue weighted by molar-refractivity contribution is -0.157. The van der Waals surface area contributed by atoms with E-state index in [-0.39, 0.29) is 23.7 Å². The summed E-state index contributed by atoms with van der Waals surface area (Å²) in [5.41, 5.74) is -2.23. The van der Waals surface area contributed by atoms with Gasteiger partial charge in [-0.25, -0.2) is 0 Å². The molecule has 0 bridgehead atoms. The van der Waals surface area contributed by atoms with Crippen LogP contribution in [0.3, 0.4) is 0 Å². The topological polar surface area (TPSA) is 83.8 Å². The van der Waals surface area contributed by atoms with Crippen LogP contribution >= 0.6 is 0 Å². The molecule has 31 heavy (non-hydrogen) atoms. The largest absolute Gasteiger partial charge is 0.481 e. The second-order valence-corrected chi connectivity index (χ2v) is 11.0. The van der Waals surface area contributed by atoms with E-state index in [1.54, 1.807) is 0 Å². The van der Waals surface area contributed by atoms with E-state index in [1.165, 1.54) is 0 Å². The molecule has 4 rings (SSSR count). The monoisotopic (exact) mass is 426 g/mol. The number of carbonyl (C=O) groups excluding carboxylic acids is 1.